The number of Topliss-reactive ketones (excluding diaryl/α,β-unsaturated/α-hetero) is 1. The van der Waals surface area contributed by atoms with Crippen molar-refractivity contribution in [2.45, 2.75) is 33.1 Å². The zero-order chi connectivity index (χ0) is 15.0. The Morgan fingerprint density at radius 1 is 1.38 bits per heavy atom. The Morgan fingerprint density at radius 3 is 2.95 bits per heavy atom. The van der Waals surface area contributed by atoms with E-state index in [1.54, 1.807) is 18.5 Å². The van der Waals surface area contributed by atoms with Gasteiger partial charge in [0.2, 0.25) is 0 Å². The Morgan fingerprint density at radius 2 is 2.19 bits per heavy atom. The van der Waals surface area contributed by atoms with Crippen molar-refractivity contribution in [2.75, 3.05) is 0 Å². The first-order valence-corrected chi connectivity index (χ1v) is 7.12. The number of carbonyl (C=O) groups is 1. The highest BCUT2D eigenvalue weighted by molar-refractivity contribution is 6.01. The summed E-state index contributed by atoms with van der Waals surface area (Å²) in [6.45, 7) is 3.98. The van der Waals surface area contributed by atoms with Crippen LogP contribution in [0.15, 0.2) is 36.2 Å². The van der Waals surface area contributed by atoms with Crippen molar-refractivity contribution in [2.24, 2.45) is 5.41 Å². The number of hydrogen-bond acceptors (Lipinski definition) is 3. The number of carbonyl (C=O) groups excluding carboxylic acids is 1. The molecule has 0 aliphatic heterocycles. The number of nitrogens with zero attached hydrogens (tertiary/aromatic N) is 3. The van der Waals surface area contributed by atoms with Crippen LogP contribution in [0.4, 0.5) is 0 Å². The molecule has 0 saturated heterocycles. The molecule has 4 nitrogen and oxygen atoms in total. The van der Waals surface area contributed by atoms with Gasteiger partial charge in [0.05, 0.1) is 23.7 Å². The number of aromatic nitrogens is 2. The zero-order valence-electron chi connectivity index (χ0n) is 12.3. The van der Waals surface area contributed by atoms with E-state index in [1.165, 1.54) is 0 Å². The van der Waals surface area contributed by atoms with Gasteiger partial charge >= 0.3 is 0 Å². The van der Waals surface area contributed by atoms with Gasteiger partial charge in [0.25, 0.3) is 0 Å². The van der Waals surface area contributed by atoms with Gasteiger partial charge in [-0.3, -0.25) is 9.36 Å². The monoisotopic (exact) mass is 279 g/mol. The summed E-state index contributed by atoms with van der Waals surface area (Å²) in [5, 5.41) is 8.96. The van der Waals surface area contributed by atoms with Crippen LogP contribution in [0.25, 0.3) is 5.70 Å². The molecule has 0 bridgehead atoms. The third kappa shape index (κ3) is 2.25. The van der Waals surface area contributed by atoms with E-state index in [1.807, 2.05) is 30.6 Å². The lowest BCUT2D eigenvalue weighted by Gasteiger charge is -2.28. The summed E-state index contributed by atoms with van der Waals surface area (Å²) in [5.41, 5.74) is 2.85. The van der Waals surface area contributed by atoms with E-state index in [-0.39, 0.29) is 11.2 Å². The minimum absolute atomic E-state index is 0.153. The first kappa shape index (κ1) is 13.6. The fourth-order valence-corrected chi connectivity index (χ4v) is 2.76. The first-order valence-electron chi connectivity index (χ1n) is 7.12. The summed E-state index contributed by atoms with van der Waals surface area (Å²) in [6.07, 6.45) is 11.5. The van der Waals surface area contributed by atoms with E-state index in [9.17, 15) is 4.79 Å². The molecule has 0 radical (unpaired) electrons. The minimum atomic E-state index is -0.334. The SMILES string of the molecule is CC1(C)CCc2ncn(C3=CC=C(C#N)C=CC3)c2C1=O. The van der Waals surface area contributed by atoms with E-state index < -0.39 is 0 Å². The number of rotatable bonds is 1. The highest BCUT2D eigenvalue weighted by Crippen LogP contribution is 2.35. The number of fused-ring (bicyclic) bond motifs is 1. The van der Waals surface area contributed by atoms with Gasteiger partial charge in [-0.2, -0.15) is 5.26 Å². The van der Waals surface area contributed by atoms with Crippen molar-refractivity contribution in [3.63, 3.8) is 0 Å². The Bertz CT molecular complexity index is 739. The molecule has 0 N–H and O–H groups in total. The average Bonchev–Trinajstić information content (AvgIpc) is 2.74. The summed E-state index contributed by atoms with van der Waals surface area (Å²) in [7, 11) is 0. The molecule has 4 heteroatoms. The molecule has 21 heavy (non-hydrogen) atoms. The van der Waals surface area contributed by atoms with E-state index >= 15 is 0 Å². The second-order valence-corrected chi connectivity index (χ2v) is 6.12. The Hall–Kier alpha value is -2.41. The summed E-state index contributed by atoms with van der Waals surface area (Å²) >= 11 is 0. The lowest BCUT2D eigenvalue weighted by atomic mass is 9.76. The molecule has 0 saturated carbocycles. The minimum Gasteiger partial charge on any atom is -0.300 e. The van der Waals surface area contributed by atoms with Crippen LogP contribution < -0.4 is 0 Å². The van der Waals surface area contributed by atoms with Gasteiger partial charge in [0.15, 0.2) is 5.78 Å². The molecule has 1 heterocycles. The van der Waals surface area contributed by atoms with Crippen LogP contribution in [0.2, 0.25) is 0 Å². The normalized spacial score (nSPS) is 20.1. The average molecular weight is 279 g/mol. The van der Waals surface area contributed by atoms with Crippen molar-refractivity contribution >= 4 is 11.5 Å². The molecule has 0 spiro atoms. The third-order valence-electron chi connectivity index (χ3n) is 4.18. The number of ketones is 1. The molecule has 0 aromatic carbocycles. The number of allylic oxidation sites excluding steroid dienone is 6. The van der Waals surface area contributed by atoms with Crippen LogP contribution in [0.5, 0.6) is 0 Å². The van der Waals surface area contributed by atoms with Crippen molar-refractivity contribution in [3.8, 4) is 6.07 Å². The van der Waals surface area contributed by atoms with Crippen LogP contribution in [0, 0.1) is 16.7 Å². The first-order chi connectivity index (χ1) is 10.0. The summed E-state index contributed by atoms with van der Waals surface area (Å²) < 4.78 is 1.89. The summed E-state index contributed by atoms with van der Waals surface area (Å²) in [5.74, 6) is 0.153. The molecule has 1 aromatic rings. The Kier molecular flexibility index (Phi) is 3.13. The number of hydrogen-bond donors (Lipinski definition) is 0. The second-order valence-electron chi connectivity index (χ2n) is 6.12. The van der Waals surface area contributed by atoms with Gasteiger partial charge in [-0.05, 0) is 31.1 Å². The standard InChI is InChI=1S/C17H17N3O/c1-17(2)9-8-14-15(16(17)21)20(11-19-14)13-5-3-4-12(10-18)6-7-13/h3-4,6-7,11H,5,8-9H2,1-2H3. The molecule has 0 fully saturated rings. The fraction of sp³-hybridized carbons (Fsp3) is 0.353. The van der Waals surface area contributed by atoms with Crippen LogP contribution in [0.1, 0.15) is 42.9 Å². The van der Waals surface area contributed by atoms with Gasteiger partial charge < -0.3 is 0 Å². The summed E-state index contributed by atoms with van der Waals surface area (Å²) in [4.78, 5) is 17.1. The van der Waals surface area contributed by atoms with Crippen LogP contribution in [-0.2, 0) is 6.42 Å². The Balaban J connectivity index is 2.07. The maximum Gasteiger partial charge on any atom is 0.187 e. The van der Waals surface area contributed by atoms with Gasteiger partial charge in [0, 0.05) is 17.5 Å². The molecular formula is C17H17N3O. The van der Waals surface area contributed by atoms with Gasteiger partial charge in [-0.25, -0.2) is 4.98 Å². The molecule has 2 aliphatic carbocycles. The second kappa shape index (κ2) is 4.85. The van der Waals surface area contributed by atoms with Gasteiger partial charge in [0.1, 0.15) is 5.69 Å². The smallest absolute Gasteiger partial charge is 0.187 e. The van der Waals surface area contributed by atoms with E-state index in [0.29, 0.717) is 17.7 Å². The molecule has 3 rings (SSSR count). The summed E-state index contributed by atoms with van der Waals surface area (Å²) in [6, 6.07) is 2.13. The molecule has 0 atom stereocenters. The molecular weight excluding hydrogens is 262 g/mol. The zero-order valence-corrected chi connectivity index (χ0v) is 12.3. The van der Waals surface area contributed by atoms with E-state index in [4.69, 9.17) is 5.26 Å². The lowest BCUT2D eigenvalue weighted by Crippen LogP contribution is -2.32. The van der Waals surface area contributed by atoms with Crippen molar-refractivity contribution < 1.29 is 4.79 Å². The quantitative estimate of drug-likeness (QED) is 0.792. The van der Waals surface area contributed by atoms with Crippen molar-refractivity contribution in [1.82, 2.24) is 9.55 Å². The fourth-order valence-electron chi connectivity index (χ4n) is 2.76. The van der Waals surface area contributed by atoms with Crippen LogP contribution >= 0.6 is 0 Å². The maximum absolute atomic E-state index is 12.7. The van der Waals surface area contributed by atoms with Gasteiger partial charge in [-0.1, -0.05) is 19.9 Å². The number of nitriles is 1. The number of imidazole rings is 1. The highest BCUT2D eigenvalue weighted by atomic mass is 16.1. The van der Waals surface area contributed by atoms with E-state index in [0.717, 1.165) is 24.2 Å². The molecule has 1 aromatic heterocycles. The molecule has 106 valence electrons. The molecule has 0 amide bonds. The van der Waals surface area contributed by atoms with Crippen molar-refractivity contribution in [1.29, 1.82) is 5.26 Å². The van der Waals surface area contributed by atoms with Crippen LogP contribution in [-0.4, -0.2) is 15.3 Å². The predicted octanol–water partition coefficient (Wildman–Crippen LogP) is 3.29. The molecule has 0 unspecified atom stereocenters. The van der Waals surface area contributed by atoms with Gasteiger partial charge in [-0.15, -0.1) is 0 Å². The Labute approximate surface area is 124 Å². The predicted molar refractivity (Wildman–Crippen MR) is 80.4 cm³/mol. The van der Waals surface area contributed by atoms with Crippen LogP contribution in [0.3, 0.4) is 0 Å². The molecule has 2 aliphatic rings. The third-order valence-corrected chi connectivity index (χ3v) is 4.18. The van der Waals surface area contributed by atoms with E-state index in [2.05, 4.69) is 11.1 Å². The number of aryl methyl sites for hydroxylation is 1. The lowest BCUT2D eigenvalue weighted by molar-refractivity contribution is 0.0802. The maximum atomic E-state index is 12.7. The van der Waals surface area contributed by atoms with Crippen molar-refractivity contribution in [3.05, 3.63) is 47.6 Å². The highest BCUT2D eigenvalue weighted by Gasteiger charge is 2.37. The topological polar surface area (TPSA) is 58.7 Å². The largest absolute Gasteiger partial charge is 0.300 e.